The quantitative estimate of drug-likeness (QED) is 0.750. The fourth-order valence-electron chi connectivity index (χ4n) is 1.68. The zero-order valence-electron chi connectivity index (χ0n) is 9.75. The Morgan fingerprint density at radius 2 is 2.12 bits per heavy atom. The number of benzene rings is 1. The molecule has 0 fully saturated rings. The number of hydrogen-bond acceptors (Lipinski definition) is 2. The van der Waals surface area contributed by atoms with Crippen LogP contribution in [0.25, 0.3) is 0 Å². The molecule has 0 aliphatic heterocycles. The van der Waals surface area contributed by atoms with Crippen molar-refractivity contribution < 1.29 is 9.53 Å². The normalized spacial score (nSPS) is 10.2. The third kappa shape index (κ3) is 3.34. The second-order valence-corrected chi connectivity index (χ2v) is 4.09. The number of aryl methyl sites for hydroxylation is 1. The van der Waals surface area contributed by atoms with E-state index in [2.05, 4.69) is 28.9 Å². The van der Waals surface area contributed by atoms with Crippen LogP contribution in [0, 0.1) is 0 Å². The molecule has 3 heteroatoms. The summed E-state index contributed by atoms with van der Waals surface area (Å²) in [6.45, 7) is 4.67. The van der Waals surface area contributed by atoms with E-state index in [1.165, 1.54) is 5.56 Å². The minimum absolute atomic E-state index is 0.182. The highest BCUT2D eigenvalue weighted by atomic mass is 79.9. The Labute approximate surface area is 105 Å². The summed E-state index contributed by atoms with van der Waals surface area (Å²) in [6.07, 6.45) is 1.37. The van der Waals surface area contributed by atoms with Gasteiger partial charge < -0.3 is 4.74 Å². The number of ether oxygens (including phenoxy) is 1. The van der Waals surface area contributed by atoms with E-state index >= 15 is 0 Å². The van der Waals surface area contributed by atoms with Crippen molar-refractivity contribution in [1.82, 2.24) is 0 Å². The second kappa shape index (κ2) is 6.69. The molecule has 1 rings (SSSR count). The summed E-state index contributed by atoms with van der Waals surface area (Å²) in [5, 5.41) is 0.399. The number of ketones is 1. The van der Waals surface area contributed by atoms with E-state index in [1.54, 1.807) is 0 Å². The van der Waals surface area contributed by atoms with E-state index in [0.717, 1.165) is 17.7 Å². The van der Waals surface area contributed by atoms with Crippen LogP contribution in [0.1, 0.15) is 25.0 Å². The molecule has 1 aromatic rings. The largest absolute Gasteiger partial charge is 0.494 e. The third-order valence-corrected chi connectivity index (χ3v) is 3.06. The maximum absolute atomic E-state index is 11.5. The molecule has 0 N–H and O–H groups in total. The van der Waals surface area contributed by atoms with Gasteiger partial charge in [0.05, 0.1) is 11.9 Å². The molecule has 0 heterocycles. The van der Waals surface area contributed by atoms with Crippen molar-refractivity contribution >= 4 is 21.7 Å². The van der Waals surface area contributed by atoms with Crippen LogP contribution in [0.4, 0.5) is 0 Å². The summed E-state index contributed by atoms with van der Waals surface area (Å²) in [6, 6.07) is 5.96. The Morgan fingerprint density at radius 1 is 1.38 bits per heavy atom. The Bertz CT molecular complexity index is 361. The molecule has 2 nitrogen and oxygen atoms in total. The number of alkyl halides is 1. The van der Waals surface area contributed by atoms with Gasteiger partial charge in [0.2, 0.25) is 0 Å². The molecule has 0 radical (unpaired) electrons. The maximum atomic E-state index is 11.5. The van der Waals surface area contributed by atoms with Crippen LogP contribution in [0.5, 0.6) is 5.75 Å². The van der Waals surface area contributed by atoms with E-state index in [-0.39, 0.29) is 5.78 Å². The van der Waals surface area contributed by atoms with Crippen molar-refractivity contribution in [2.75, 3.05) is 11.9 Å². The topological polar surface area (TPSA) is 26.3 Å². The molecule has 0 bridgehead atoms. The molecule has 0 saturated carbocycles. The zero-order chi connectivity index (χ0) is 12.0. The van der Waals surface area contributed by atoms with Gasteiger partial charge in [0.25, 0.3) is 0 Å². The summed E-state index contributed by atoms with van der Waals surface area (Å²) in [7, 11) is 0. The molecule has 0 aromatic heterocycles. The Balaban J connectivity index is 3.03. The van der Waals surface area contributed by atoms with Crippen LogP contribution in [-0.4, -0.2) is 17.7 Å². The van der Waals surface area contributed by atoms with Crippen LogP contribution >= 0.6 is 15.9 Å². The van der Waals surface area contributed by atoms with Gasteiger partial charge in [0, 0.05) is 12.0 Å². The lowest BCUT2D eigenvalue weighted by Gasteiger charge is -2.13. The van der Waals surface area contributed by atoms with Gasteiger partial charge in [0.1, 0.15) is 11.5 Å². The Hall–Kier alpha value is -0.830. The minimum Gasteiger partial charge on any atom is -0.494 e. The van der Waals surface area contributed by atoms with Gasteiger partial charge in [-0.2, -0.15) is 0 Å². The molecule has 0 aliphatic rings. The van der Waals surface area contributed by atoms with Crippen LogP contribution in [0.3, 0.4) is 0 Å². The highest BCUT2D eigenvalue weighted by Crippen LogP contribution is 2.24. The summed E-state index contributed by atoms with van der Waals surface area (Å²) >= 11 is 3.19. The first-order chi connectivity index (χ1) is 7.72. The smallest absolute Gasteiger partial charge is 0.147 e. The first-order valence-electron chi connectivity index (χ1n) is 5.54. The average molecular weight is 285 g/mol. The highest BCUT2D eigenvalue weighted by molar-refractivity contribution is 9.09. The van der Waals surface area contributed by atoms with Crippen molar-refractivity contribution in [2.24, 2.45) is 0 Å². The Morgan fingerprint density at radius 3 is 2.69 bits per heavy atom. The van der Waals surface area contributed by atoms with E-state index in [0.29, 0.717) is 18.4 Å². The molecule has 1 aromatic carbocycles. The van der Waals surface area contributed by atoms with Crippen LogP contribution in [-0.2, 0) is 17.6 Å². The van der Waals surface area contributed by atoms with Crippen molar-refractivity contribution in [1.29, 1.82) is 0 Å². The van der Waals surface area contributed by atoms with Crippen molar-refractivity contribution in [3.8, 4) is 5.75 Å². The predicted molar refractivity (Wildman–Crippen MR) is 69.5 cm³/mol. The van der Waals surface area contributed by atoms with Crippen LogP contribution < -0.4 is 4.74 Å². The molecule has 0 unspecified atom stereocenters. The number of Topliss-reactive ketones (excluding diaryl/α,β-unsaturated/α-hetero) is 1. The standard InChI is InChI=1S/C13H17BrO2/c1-3-10-6-5-7-13(16-4-2)12(10)8-11(15)9-14/h5-7H,3-4,8-9H2,1-2H3. The van der Waals surface area contributed by atoms with Gasteiger partial charge in [-0.3, -0.25) is 4.79 Å². The van der Waals surface area contributed by atoms with E-state index in [4.69, 9.17) is 4.74 Å². The Kier molecular flexibility index (Phi) is 5.53. The summed E-state index contributed by atoms with van der Waals surface area (Å²) in [5.41, 5.74) is 2.23. The summed E-state index contributed by atoms with van der Waals surface area (Å²) < 4.78 is 5.56. The number of carbonyl (C=O) groups excluding carboxylic acids is 1. The SMILES string of the molecule is CCOc1cccc(CC)c1CC(=O)CBr. The molecular weight excluding hydrogens is 268 g/mol. The van der Waals surface area contributed by atoms with Crippen molar-refractivity contribution in [3.63, 3.8) is 0 Å². The maximum Gasteiger partial charge on any atom is 0.147 e. The molecule has 0 spiro atoms. The number of hydrogen-bond donors (Lipinski definition) is 0. The molecule has 0 amide bonds. The van der Waals surface area contributed by atoms with Gasteiger partial charge >= 0.3 is 0 Å². The summed E-state index contributed by atoms with van der Waals surface area (Å²) in [4.78, 5) is 11.5. The molecule has 0 saturated heterocycles. The van der Waals surface area contributed by atoms with Gasteiger partial charge in [-0.25, -0.2) is 0 Å². The first-order valence-corrected chi connectivity index (χ1v) is 6.66. The van der Waals surface area contributed by atoms with E-state index in [9.17, 15) is 4.79 Å². The lowest BCUT2D eigenvalue weighted by atomic mass is 10.00. The minimum atomic E-state index is 0.182. The molecule has 88 valence electrons. The number of carbonyl (C=O) groups is 1. The fourth-order valence-corrected chi connectivity index (χ4v) is 1.88. The van der Waals surface area contributed by atoms with E-state index in [1.807, 2.05) is 19.1 Å². The molecular formula is C13H17BrO2. The number of rotatable bonds is 6. The van der Waals surface area contributed by atoms with Crippen molar-refractivity contribution in [3.05, 3.63) is 29.3 Å². The van der Waals surface area contributed by atoms with Gasteiger partial charge in [-0.05, 0) is 25.0 Å². The summed E-state index contributed by atoms with van der Waals surface area (Å²) in [5.74, 6) is 1.03. The second-order valence-electron chi connectivity index (χ2n) is 3.53. The predicted octanol–water partition coefficient (Wildman–Crippen LogP) is 3.15. The third-order valence-electron chi connectivity index (χ3n) is 2.43. The van der Waals surface area contributed by atoms with Gasteiger partial charge in [-0.1, -0.05) is 35.0 Å². The van der Waals surface area contributed by atoms with E-state index < -0.39 is 0 Å². The fraction of sp³-hybridized carbons (Fsp3) is 0.462. The highest BCUT2D eigenvalue weighted by Gasteiger charge is 2.11. The number of halogens is 1. The average Bonchev–Trinajstić information content (AvgIpc) is 2.31. The van der Waals surface area contributed by atoms with Crippen molar-refractivity contribution in [2.45, 2.75) is 26.7 Å². The van der Waals surface area contributed by atoms with Gasteiger partial charge in [0.15, 0.2) is 0 Å². The molecule has 16 heavy (non-hydrogen) atoms. The van der Waals surface area contributed by atoms with Crippen LogP contribution in [0.2, 0.25) is 0 Å². The van der Waals surface area contributed by atoms with Gasteiger partial charge in [-0.15, -0.1) is 0 Å². The van der Waals surface area contributed by atoms with Crippen LogP contribution in [0.15, 0.2) is 18.2 Å². The first kappa shape index (κ1) is 13.2. The lowest BCUT2D eigenvalue weighted by molar-refractivity contribution is -0.115. The molecule has 0 aliphatic carbocycles. The lowest BCUT2D eigenvalue weighted by Crippen LogP contribution is -2.08. The monoisotopic (exact) mass is 284 g/mol. The molecule has 0 atom stereocenters. The zero-order valence-corrected chi connectivity index (χ0v) is 11.3.